The largest absolute Gasteiger partial charge is 0.372 e. The number of carbonyl (C=O) groups is 3. The summed E-state index contributed by atoms with van der Waals surface area (Å²) in [6.45, 7) is 4.59. The standard InChI is InChI=1S/C17H21N3O3/c1-10(2)19(3)13-6-4-5-11-12(13)9-20(17(11)23)14-7-8-15(21)18-16(14)22/h4-6,10,14H,7-9H2,1-3H3,(H,18,21,22). The van der Waals surface area contributed by atoms with Crippen molar-refractivity contribution in [2.75, 3.05) is 11.9 Å². The van der Waals surface area contributed by atoms with Gasteiger partial charge in [0.1, 0.15) is 6.04 Å². The lowest BCUT2D eigenvalue weighted by Crippen LogP contribution is -2.52. The molecule has 0 bridgehead atoms. The molecule has 23 heavy (non-hydrogen) atoms. The van der Waals surface area contributed by atoms with Crippen LogP contribution in [0.1, 0.15) is 42.6 Å². The van der Waals surface area contributed by atoms with E-state index in [4.69, 9.17) is 0 Å². The molecule has 1 N–H and O–H groups in total. The maximum absolute atomic E-state index is 12.7. The van der Waals surface area contributed by atoms with Crippen LogP contribution >= 0.6 is 0 Å². The summed E-state index contributed by atoms with van der Waals surface area (Å²) in [5, 5.41) is 2.33. The zero-order valence-corrected chi connectivity index (χ0v) is 13.6. The van der Waals surface area contributed by atoms with Crippen molar-refractivity contribution in [3.8, 4) is 0 Å². The third-order valence-corrected chi connectivity index (χ3v) is 4.71. The van der Waals surface area contributed by atoms with Gasteiger partial charge in [0.25, 0.3) is 5.91 Å². The lowest BCUT2D eigenvalue weighted by molar-refractivity contribution is -0.136. The quantitative estimate of drug-likeness (QED) is 0.854. The molecule has 3 rings (SSSR count). The normalized spacial score (nSPS) is 20.8. The molecule has 2 aliphatic heterocycles. The molecule has 6 heteroatoms. The minimum absolute atomic E-state index is 0.131. The van der Waals surface area contributed by atoms with Gasteiger partial charge in [-0.1, -0.05) is 6.07 Å². The minimum atomic E-state index is -0.565. The Labute approximate surface area is 135 Å². The topological polar surface area (TPSA) is 69.7 Å². The first-order valence-electron chi connectivity index (χ1n) is 7.89. The van der Waals surface area contributed by atoms with Crippen LogP contribution < -0.4 is 10.2 Å². The van der Waals surface area contributed by atoms with E-state index in [0.717, 1.165) is 11.3 Å². The number of piperidine rings is 1. The maximum atomic E-state index is 12.7. The van der Waals surface area contributed by atoms with Gasteiger partial charge in [0.05, 0.1) is 0 Å². The van der Waals surface area contributed by atoms with E-state index in [1.807, 2.05) is 19.2 Å². The second-order valence-electron chi connectivity index (χ2n) is 6.41. The Bertz CT molecular complexity index is 684. The van der Waals surface area contributed by atoms with Crippen LogP contribution in [-0.4, -0.2) is 41.8 Å². The number of hydrogen-bond donors (Lipinski definition) is 1. The van der Waals surface area contributed by atoms with Crippen molar-refractivity contribution in [3.05, 3.63) is 29.3 Å². The Balaban J connectivity index is 1.91. The third-order valence-electron chi connectivity index (χ3n) is 4.71. The Morgan fingerprint density at radius 2 is 2.00 bits per heavy atom. The highest BCUT2D eigenvalue weighted by Crippen LogP contribution is 2.34. The fraction of sp³-hybridized carbons (Fsp3) is 0.471. The second-order valence-corrected chi connectivity index (χ2v) is 6.41. The van der Waals surface area contributed by atoms with Crippen molar-refractivity contribution in [1.29, 1.82) is 0 Å². The summed E-state index contributed by atoms with van der Waals surface area (Å²) in [5.41, 5.74) is 2.62. The Morgan fingerprint density at radius 3 is 2.65 bits per heavy atom. The average Bonchev–Trinajstić information content (AvgIpc) is 2.84. The van der Waals surface area contributed by atoms with Gasteiger partial charge in [-0.05, 0) is 32.4 Å². The summed E-state index contributed by atoms with van der Waals surface area (Å²) in [6.07, 6.45) is 0.662. The van der Waals surface area contributed by atoms with Gasteiger partial charge in [0.15, 0.2) is 0 Å². The fourth-order valence-corrected chi connectivity index (χ4v) is 3.18. The zero-order chi connectivity index (χ0) is 16.7. The van der Waals surface area contributed by atoms with E-state index in [9.17, 15) is 14.4 Å². The van der Waals surface area contributed by atoms with Crippen LogP contribution in [0.25, 0.3) is 0 Å². The Kier molecular flexibility index (Phi) is 3.83. The summed E-state index contributed by atoms with van der Waals surface area (Å²) < 4.78 is 0. The van der Waals surface area contributed by atoms with Crippen LogP contribution in [-0.2, 0) is 16.1 Å². The summed E-state index contributed by atoms with van der Waals surface area (Å²) >= 11 is 0. The molecule has 2 heterocycles. The van der Waals surface area contributed by atoms with E-state index in [1.165, 1.54) is 0 Å². The number of amides is 3. The number of carbonyl (C=O) groups excluding carboxylic acids is 3. The van der Waals surface area contributed by atoms with Gasteiger partial charge >= 0.3 is 0 Å². The van der Waals surface area contributed by atoms with Gasteiger partial charge < -0.3 is 9.80 Å². The van der Waals surface area contributed by atoms with Crippen LogP contribution in [0.4, 0.5) is 5.69 Å². The highest BCUT2D eigenvalue weighted by molar-refractivity contribution is 6.06. The molecule has 1 unspecified atom stereocenters. The number of hydrogen-bond acceptors (Lipinski definition) is 4. The lowest BCUT2D eigenvalue weighted by atomic mass is 10.0. The SMILES string of the molecule is CC(C)N(C)c1cccc2c1CN(C1CCC(=O)NC1=O)C2=O. The molecule has 0 spiro atoms. The molecular weight excluding hydrogens is 294 g/mol. The van der Waals surface area contributed by atoms with Gasteiger partial charge in [-0.3, -0.25) is 19.7 Å². The van der Waals surface area contributed by atoms with Crippen molar-refractivity contribution in [1.82, 2.24) is 10.2 Å². The molecule has 1 aromatic rings. The van der Waals surface area contributed by atoms with Crippen molar-refractivity contribution in [2.45, 2.75) is 45.3 Å². The van der Waals surface area contributed by atoms with Crippen LogP contribution in [0.15, 0.2) is 18.2 Å². The van der Waals surface area contributed by atoms with Gasteiger partial charge in [-0.2, -0.15) is 0 Å². The molecule has 0 radical (unpaired) electrons. The molecule has 1 fully saturated rings. The molecule has 1 saturated heterocycles. The van der Waals surface area contributed by atoms with Crippen molar-refractivity contribution in [3.63, 3.8) is 0 Å². The summed E-state index contributed by atoms with van der Waals surface area (Å²) in [7, 11) is 2.00. The first-order chi connectivity index (χ1) is 10.9. The predicted molar refractivity (Wildman–Crippen MR) is 86.0 cm³/mol. The molecule has 1 atom stereocenters. The van der Waals surface area contributed by atoms with Crippen molar-refractivity contribution >= 4 is 23.4 Å². The van der Waals surface area contributed by atoms with E-state index >= 15 is 0 Å². The Morgan fingerprint density at radius 1 is 1.26 bits per heavy atom. The number of nitrogens with one attached hydrogen (secondary N) is 1. The second kappa shape index (κ2) is 5.68. The minimum Gasteiger partial charge on any atom is -0.372 e. The smallest absolute Gasteiger partial charge is 0.255 e. The van der Waals surface area contributed by atoms with Crippen LogP contribution in [0.5, 0.6) is 0 Å². The number of anilines is 1. The van der Waals surface area contributed by atoms with E-state index < -0.39 is 6.04 Å². The molecule has 6 nitrogen and oxygen atoms in total. The average molecular weight is 315 g/mol. The van der Waals surface area contributed by atoms with Gasteiger partial charge in [0, 0.05) is 42.9 Å². The van der Waals surface area contributed by atoms with Crippen molar-refractivity contribution < 1.29 is 14.4 Å². The van der Waals surface area contributed by atoms with E-state index in [2.05, 4.69) is 24.1 Å². The monoisotopic (exact) mass is 315 g/mol. The van der Waals surface area contributed by atoms with Gasteiger partial charge in [0.2, 0.25) is 11.8 Å². The molecule has 2 aliphatic rings. The molecule has 3 amide bonds. The maximum Gasteiger partial charge on any atom is 0.255 e. The third kappa shape index (κ3) is 2.58. The lowest BCUT2D eigenvalue weighted by Gasteiger charge is -2.30. The van der Waals surface area contributed by atoms with Crippen LogP contribution in [0.3, 0.4) is 0 Å². The summed E-state index contributed by atoms with van der Waals surface area (Å²) in [6, 6.07) is 5.42. The first-order valence-corrected chi connectivity index (χ1v) is 7.89. The molecule has 1 aromatic carbocycles. The molecular formula is C17H21N3O3. The van der Waals surface area contributed by atoms with E-state index in [1.54, 1.807) is 11.0 Å². The van der Waals surface area contributed by atoms with E-state index in [-0.39, 0.29) is 24.1 Å². The molecule has 0 saturated carbocycles. The van der Waals surface area contributed by atoms with Crippen LogP contribution in [0, 0.1) is 0 Å². The molecule has 0 aliphatic carbocycles. The fourth-order valence-electron chi connectivity index (χ4n) is 3.18. The predicted octanol–water partition coefficient (Wildman–Crippen LogP) is 1.29. The van der Waals surface area contributed by atoms with Crippen molar-refractivity contribution in [2.24, 2.45) is 0 Å². The van der Waals surface area contributed by atoms with Gasteiger partial charge in [-0.15, -0.1) is 0 Å². The number of imide groups is 1. The number of fused-ring (bicyclic) bond motifs is 1. The molecule has 122 valence electrons. The van der Waals surface area contributed by atoms with Gasteiger partial charge in [-0.25, -0.2) is 0 Å². The summed E-state index contributed by atoms with van der Waals surface area (Å²) in [4.78, 5) is 39.8. The molecule has 0 aromatic heterocycles. The Hall–Kier alpha value is -2.37. The van der Waals surface area contributed by atoms with E-state index in [0.29, 0.717) is 24.6 Å². The highest BCUT2D eigenvalue weighted by Gasteiger charge is 2.40. The number of nitrogens with zero attached hydrogens (tertiary/aromatic N) is 2. The first kappa shape index (κ1) is 15.5. The number of benzene rings is 1. The number of rotatable bonds is 3. The highest BCUT2D eigenvalue weighted by atomic mass is 16.2. The summed E-state index contributed by atoms with van der Waals surface area (Å²) in [5.74, 6) is -0.773. The zero-order valence-electron chi connectivity index (χ0n) is 13.6. The van der Waals surface area contributed by atoms with Crippen LogP contribution in [0.2, 0.25) is 0 Å².